The third kappa shape index (κ3) is 5.67. The molecule has 8 nitrogen and oxygen atoms in total. The van der Waals surface area contributed by atoms with Gasteiger partial charge in [-0.1, -0.05) is 0 Å². The van der Waals surface area contributed by atoms with Gasteiger partial charge in [-0.25, -0.2) is 24.7 Å². The largest absolute Gasteiger partial charge is 0.477 e. The summed E-state index contributed by atoms with van der Waals surface area (Å²) in [6, 6.07) is 2.76. The number of aromatic nitrogens is 4. The molecule has 2 N–H and O–H groups in total. The normalized spacial score (nSPS) is 9.29. The Morgan fingerprint density at radius 2 is 1.52 bits per heavy atom. The lowest BCUT2D eigenvalue weighted by molar-refractivity contribution is 0.0690. The number of aromatic carboxylic acids is 1. The zero-order valence-corrected chi connectivity index (χ0v) is 12.1. The number of nitrogens with one attached hydrogen (secondary N) is 1. The van der Waals surface area contributed by atoms with Crippen molar-refractivity contribution in [2.75, 3.05) is 7.05 Å². The Balaban J connectivity index is 0.000000211. The van der Waals surface area contributed by atoms with Gasteiger partial charge in [0.05, 0.1) is 0 Å². The van der Waals surface area contributed by atoms with Gasteiger partial charge in [0.1, 0.15) is 5.69 Å². The number of rotatable bonds is 2. The Labute approximate surface area is 129 Å². The molecule has 0 aromatic carbocycles. The highest BCUT2D eigenvalue weighted by molar-refractivity contribution is 6.28. The number of nitrogens with zero attached hydrogens (tertiary/aromatic N) is 4. The van der Waals surface area contributed by atoms with E-state index in [9.17, 15) is 9.59 Å². The van der Waals surface area contributed by atoms with Gasteiger partial charge >= 0.3 is 5.97 Å². The molecule has 0 saturated carbocycles. The summed E-state index contributed by atoms with van der Waals surface area (Å²) in [4.78, 5) is 35.4. The first kappa shape index (κ1) is 16.7. The van der Waals surface area contributed by atoms with E-state index in [0.29, 0.717) is 0 Å². The topological polar surface area (TPSA) is 118 Å². The van der Waals surface area contributed by atoms with Gasteiger partial charge in [0.2, 0.25) is 10.6 Å². The van der Waals surface area contributed by atoms with Crippen molar-refractivity contribution in [3.05, 3.63) is 46.5 Å². The van der Waals surface area contributed by atoms with Crippen LogP contribution >= 0.6 is 23.2 Å². The second-order valence-corrected chi connectivity index (χ2v) is 3.98. The van der Waals surface area contributed by atoms with Gasteiger partial charge in [-0.15, -0.1) is 0 Å². The van der Waals surface area contributed by atoms with Gasteiger partial charge in [-0.05, 0) is 35.3 Å². The first-order valence-electron chi connectivity index (χ1n) is 5.36. The van der Waals surface area contributed by atoms with E-state index in [4.69, 9.17) is 28.3 Å². The quantitative estimate of drug-likeness (QED) is 0.797. The van der Waals surface area contributed by atoms with Crippen LogP contribution in [0.25, 0.3) is 0 Å². The summed E-state index contributed by atoms with van der Waals surface area (Å²) in [7, 11) is 1.53. The fourth-order valence-corrected chi connectivity index (χ4v) is 1.34. The number of carbonyl (C=O) groups is 2. The lowest BCUT2D eigenvalue weighted by atomic mass is 10.4. The van der Waals surface area contributed by atoms with Crippen LogP contribution in [0.3, 0.4) is 0 Å². The molecule has 0 aliphatic heterocycles. The van der Waals surface area contributed by atoms with E-state index in [1.165, 1.54) is 31.6 Å². The SMILES string of the molecule is CNC(=O)c1ccnc(Cl)n1.O=C(O)c1ccnc(Cl)n1. The second kappa shape index (κ2) is 8.08. The zero-order chi connectivity index (χ0) is 15.8. The summed E-state index contributed by atoms with van der Waals surface area (Å²) in [5.74, 6) is -1.38. The van der Waals surface area contributed by atoms with E-state index in [1.54, 1.807) is 0 Å². The average molecular weight is 330 g/mol. The van der Waals surface area contributed by atoms with Gasteiger partial charge in [-0.2, -0.15) is 0 Å². The summed E-state index contributed by atoms with van der Waals surface area (Å²) in [6.45, 7) is 0. The summed E-state index contributed by atoms with van der Waals surface area (Å²) < 4.78 is 0. The van der Waals surface area contributed by atoms with Gasteiger partial charge in [0, 0.05) is 19.4 Å². The molecular weight excluding hydrogens is 321 g/mol. The molecule has 0 saturated heterocycles. The predicted octanol–water partition coefficient (Wildman–Crippen LogP) is 1.32. The Morgan fingerprint density at radius 1 is 1.05 bits per heavy atom. The molecule has 0 aliphatic rings. The van der Waals surface area contributed by atoms with Crippen molar-refractivity contribution < 1.29 is 14.7 Å². The maximum absolute atomic E-state index is 10.9. The molecule has 2 heterocycles. The van der Waals surface area contributed by atoms with Gasteiger partial charge in [0.25, 0.3) is 5.91 Å². The van der Waals surface area contributed by atoms with Crippen LogP contribution in [-0.4, -0.2) is 44.0 Å². The van der Waals surface area contributed by atoms with E-state index in [-0.39, 0.29) is 27.9 Å². The summed E-state index contributed by atoms with van der Waals surface area (Å²) in [6.07, 6.45) is 2.72. The number of amides is 1. The van der Waals surface area contributed by atoms with Crippen molar-refractivity contribution >= 4 is 35.1 Å². The highest BCUT2D eigenvalue weighted by Gasteiger charge is 2.04. The smallest absolute Gasteiger partial charge is 0.354 e. The third-order valence-electron chi connectivity index (χ3n) is 1.93. The molecule has 0 aliphatic carbocycles. The Bertz CT molecular complexity index is 653. The van der Waals surface area contributed by atoms with Crippen LogP contribution in [0.15, 0.2) is 24.5 Å². The fraction of sp³-hybridized carbons (Fsp3) is 0.0909. The highest BCUT2D eigenvalue weighted by atomic mass is 35.5. The van der Waals surface area contributed by atoms with E-state index in [2.05, 4.69) is 25.3 Å². The standard InChI is InChI=1S/C6H6ClN3O.C5H3ClN2O2/c1-8-5(11)4-2-3-9-6(7)10-4;6-5-7-2-1-3(8-5)4(9)10/h2-3H,1H3,(H,8,11);1-2H,(H,9,10). The van der Waals surface area contributed by atoms with Gasteiger partial charge in [0.15, 0.2) is 5.69 Å². The van der Waals surface area contributed by atoms with Crippen LogP contribution in [0.2, 0.25) is 10.6 Å². The zero-order valence-electron chi connectivity index (χ0n) is 10.6. The Morgan fingerprint density at radius 3 is 1.90 bits per heavy atom. The monoisotopic (exact) mass is 329 g/mol. The molecule has 1 amide bonds. The maximum atomic E-state index is 10.9. The Hall–Kier alpha value is -2.32. The van der Waals surface area contributed by atoms with Crippen LogP contribution in [0.4, 0.5) is 0 Å². The molecule has 2 aromatic rings. The second-order valence-electron chi connectivity index (χ2n) is 3.31. The highest BCUT2D eigenvalue weighted by Crippen LogP contribution is 2.00. The van der Waals surface area contributed by atoms with Crippen LogP contribution in [0.5, 0.6) is 0 Å². The molecule has 0 radical (unpaired) electrons. The van der Waals surface area contributed by atoms with Gasteiger partial charge < -0.3 is 10.4 Å². The first-order chi connectivity index (χ1) is 9.93. The molecular formula is C11H9Cl2N5O3. The van der Waals surface area contributed by atoms with E-state index in [0.717, 1.165) is 0 Å². The number of carboxylic acids is 1. The van der Waals surface area contributed by atoms with Gasteiger partial charge in [-0.3, -0.25) is 4.79 Å². The molecule has 0 unspecified atom stereocenters. The van der Waals surface area contributed by atoms with Crippen LogP contribution < -0.4 is 5.32 Å². The molecule has 10 heteroatoms. The van der Waals surface area contributed by atoms with Crippen LogP contribution in [0.1, 0.15) is 21.0 Å². The maximum Gasteiger partial charge on any atom is 0.354 e. The number of hydrogen-bond donors (Lipinski definition) is 2. The van der Waals surface area contributed by atoms with Crippen molar-refractivity contribution in [2.24, 2.45) is 0 Å². The molecule has 110 valence electrons. The minimum Gasteiger partial charge on any atom is -0.477 e. The number of halogens is 2. The fourth-order valence-electron chi connectivity index (χ4n) is 1.04. The molecule has 0 atom stereocenters. The van der Waals surface area contributed by atoms with Crippen molar-refractivity contribution in [1.82, 2.24) is 25.3 Å². The third-order valence-corrected chi connectivity index (χ3v) is 2.30. The molecule has 21 heavy (non-hydrogen) atoms. The molecule has 2 rings (SSSR count). The van der Waals surface area contributed by atoms with E-state index >= 15 is 0 Å². The van der Waals surface area contributed by atoms with Crippen molar-refractivity contribution in [3.63, 3.8) is 0 Å². The van der Waals surface area contributed by atoms with Crippen LogP contribution in [0, 0.1) is 0 Å². The summed E-state index contributed by atoms with van der Waals surface area (Å²) >= 11 is 10.7. The molecule has 0 bridgehead atoms. The first-order valence-corrected chi connectivity index (χ1v) is 6.12. The minimum atomic E-state index is -1.11. The van der Waals surface area contributed by atoms with Crippen molar-refractivity contribution in [3.8, 4) is 0 Å². The average Bonchev–Trinajstić information content (AvgIpc) is 2.47. The van der Waals surface area contributed by atoms with Crippen molar-refractivity contribution in [1.29, 1.82) is 0 Å². The molecule has 0 fully saturated rings. The lowest BCUT2D eigenvalue weighted by Gasteiger charge is -1.96. The van der Waals surface area contributed by atoms with E-state index < -0.39 is 5.97 Å². The lowest BCUT2D eigenvalue weighted by Crippen LogP contribution is -2.19. The molecule has 0 spiro atoms. The van der Waals surface area contributed by atoms with Crippen LogP contribution in [-0.2, 0) is 0 Å². The van der Waals surface area contributed by atoms with Crippen molar-refractivity contribution in [2.45, 2.75) is 0 Å². The number of hydrogen-bond acceptors (Lipinski definition) is 6. The van der Waals surface area contributed by atoms with E-state index in [1.807, 2.05) is 0 Å². The summed E-state index contributed by atoms with van der Waals surface area (Å²) in [5, 5.41) is 10.8. The summed E-state index contributed by atoms with van der Waals surface area (Å²) in [5.41, 5.74) is 0.174. The number of carboxylic acid groups (broad SMARTS) is 1. The predicted molar refractivity (Wildman–Crippen MR) is 74.4 cm³/mol. The number of carbonyl (C=O) groups excluding carboxylic acids is 1. The minimum absolute atomic E-state index is 0.0556. The molecule has 2 aromatic heterocycles. The Kier molecular flexibility index (Phi) is 6.44.